The molecule has 0 amide bonds. The van der Waals surface area contributed by atoms with Gasteiger partial charge in [0.05, 0.1) is 45.7 Å². The Morgan fingerprint density at radius 3 is 0.974 bits per heavy atom. The van der Waals surface area contributed by atoms with Crippen LogP contribution in [0.3, 0.4) is 0 Å². The second-order valence-electron chi connectivity index (χ2n) is 25.3. The third-order valence-electron chi connectivity index (χ3n) is 17.1. The SMILES string of the molecule is C.[B][C@@H]1O[C@H](CO)[C@H](OP(=O)([O-])OC)C1O.[B][C@@H]1O[C@H](COC)[C@@H]2OP(=O)([O-])OC12.[B][C@@H]1O[C@H](COC)[C@H](OP(=O)([O-])OC[C@H]2O[C@@H]([B])C(O)[C@H]2OP(=O)([O-])OC)C1[O-].[B][C@@H]1O[C@H](COP(=O)([O-])O[C@@H]2C(O)[C@H]([B])O[C@@H]2COC)[C@H](OP(=O)([O-])OC)C1O.[B][C@@H]1O[C@H](COP2([O-])(O)OC3[C@H]([B])O[C@H](COC)[C@@H]3O2)[C@H](OP(=O)([O-])OC)C1O. The molecule has 0 spiro atoms. The second kappa shape index (κ2) is 45.3. The van der Waals surface area contributed by atoms with Gasteiger partial charge in [-0.1, -0.05) is 13.5 Å². The van der Waals surface area contributed by atoms with E-state index in [-0.39, 0.29) is 33.9 Å². The molecule has 0 saturated carbocycles. The van der Waals surface area contributed by atoms with Crippen LogP contribution in [0.15, 0.2) is 0 Å². The van der Waals surface area contributed by atoms with Gasteiger partial charge in [-0.3, -0.25) is 27.4 Å². The van der Waals surface area contributed by atoms with Crippen LogP contribution in [0.5, 0.6) is 0 Å². The van der Waals surface area contributed by atoms with Gasteiger partial charge in [0, 0.05) is 78.7 Å². The molecule has 10 aliphatic rings. The van der Waals surface area contributed by atoms with Crippen LogP contribution in [0.1, 0.15) is 7.43 Å². The Kier molecular flexibility index (Phi) is 42.0. The Bertz CT molecular complexity index is 3330. The first-order valence-electron chi connectivity index (χ1n) is 33.2. The Balaban J connectivity index is 0.000000268. The predicted octanol–water partition coefficient (Wildman–Crippen LogP) is -13.9. The molecule has 10 rings (SSSR count). The van der Waals surface area contributed by atoms with Crippen molar-refractivity contribution in [2.24, 2.45) is 0 Å². The average molecular weight is 1840 g/mol. The van der Waals surface area contributed by atoms with E-state index in [1.807, 2.05) is 0 Å². The monoisotopic (exact) mass is 1840 g/mol. The van der Waals surface area contributed by atoms with E-state index in [4.69, 9.17) is 156 Å². The molecule has 10 aliphatic heterocycles. The summed E-state index contributed by atoms with van der Waals surface area (Å²) >= 11 is 0. The van der Waals surface area contributed by atoms with Crippen molar-refractivity contribution in [3.63, 3.8) is 0 Å². The third kappa shape index (κ3) is 30.2. The van der Waals surface area contributed by atoms with E-state index >= 15 is 0 Å². The zero-order valence-electron chi connectivity index (χ0n) is 61.8. The number of aliphatic hydroxyl groups is 6. The molecule has 16 radical (unpaired) electrons. The number of hydrogen-bond donors (Lipinski definition) is 7. The first-order valence-corrected chi connectivity index (χ1v) is 45.3. The van der Waals surface area contributed by atoms with E-state index in [0.717, 1.165) is 28.4 Å². The maximum atomic E-state index is 12.9. The molecule has 68 heteroatoms. The van der Waals surface area contributed by atoms with Crippen LogP contribution >= 0.6 is 62.5 Å². The summed E-state index contributed by atoms with van der Waals surface area (Å²) < 4.78 is 220. The van der Waals surface area contributed by atoms with Gasteiger partial charge in [-0.2, -0.15) is 0 Å². The summed E-state index contributed by atoms with van der Waals surface area (Å²) in [5.74, 6) is 0. The number of phosphoric ester groups is 7. The summed E-state index contributed by atoms with van der Waals surface area (Å²) in [5.41, 5.74) is 0. The Morgan fingerprint density at radius 1 is 0.368 bits per heavy atom. The Hall–Kier alpha value is 0.759. The summed E-state index contributed by atoms with van der Waals surface area (Å²) in [5, 5.41) is 70.0. The van der Waals surface area contributed by atoms with Gasteiger partial charge >= 0.3 is 168 Å². The molecule has 52 nitrogen and oxygen atoms in total. The predicted molar refractivity (Wildman–Crippen MR) is 367 cm³/mol. The fourth-order valence-corrected chi connectivity index (χ4v) is 19.1. The molecule has 117 heavy (non-hydrogen) atoms. The molecule has 7 N–H and O–H groups in total. The summed E-state index contributed by atoms with van der Waals surface area (Å²) in [6.45, 7) is -2.98. The number of aliphatic hydroxyl groups excluding tert-OH is 6. The van der Waals surface area contributed by atoms with Gasteiger partial charge in [0.15, 0.2) is 0 Å². The number of fused-ring (bicyclic) bond motifs is 2. The molecule has 10 heterocycles. The van der Waals surface area contributed by atoms with E-state index in [2.05, 4.69) is 45.2 Å². The first kappa shape index (κ1) is 108. The minimum atomic E-state index is -5.89. The van der Waals surface area contributed by atoms with E-state index in [1.165, 1.54) is 28.4 Å². The number of methoxy groups -OCH3 is 4. The van der Waals surface area contributed by atoms with Crippen LogP contribution in [-0.4, -0.2) is 403 Å². The zero-order chi connectivity index (χ0) is 87.6. The molecule has 0 aromatic heterocycles. The van der Waals surface area contributed by atoms with Crippen LogP contribution in [0.4, 0.5) is 0 Å². The molecule has 0 aromatic carbocycles. The van der Waals surface area contributed by atoms with E-state index in [0.29, 0.717) is 0 Å². The molecular weight excluding hydrogens is 1750 g/mol. The van der Waals surface area contributed by atoms with Crippen molar-refractivity contribution in [3.8, 4) is 0 Å². The van der Waals surface area contributed by atoms with Crippen molar-refractivity contribution < 1.29 is 245 Å². The second-order valence-corrected chi connectivity index (χ2v) is 37.4. The third-order valence-corrected chi connectivity index (χ3v) is 25.6. The fourth-order valence-electron chi connectivity index (χ4n) is 11.6. The van der Waals surface area contributed by atoms with E-state index in [9.17, 15) is 107 Å². The number of phosphoric acid groups is 7. The standard InChI is InChI=1S/C12H21B2O13P2.C12H22B2O13P2.C12H21B2O13P2.C6H12BO7P.C6H10BO6P.CH4/c1-20-3-5-9-10(12(14)24-5)27-29(18,19,26-9)22-4-6-8(7(15)11(13)23-6)25-28(16,17)21-2;2*1-21-3-5-9(7(15)11(13)24-5)27-29(19,20)23-4-6-10(8(16)12(14)25-6)26-28(17,18)22-2;1-12-15(10,11)14-5-3(2-8)13-6(7)4(5)9;1-10-2-3-4-5(6(7)11-3)13-14(8,9)12-4;/h5-12,15,18H,3-4H2,1-2H3,(H,16,17);5-12,15-16H,3-4H2,1-2H3,(H,17,18)(H,19,20);5-12,16H,3-4H2,1-2H3,(H,17,18)(H,19,20);3-6,8-9H,2H2,1H3,(H,10,11);3-6H,2H2,1H3,(H,8,9);1H4/q-1;;-1;;;/p-7/t5-,6-,7?,8+,9+,10?,11-,12-;2*5-,6-,7?,8?,9+,10+,11-,12-;3-,4?,5+,6-;3-,4+,5?,6-;/m11111./s1. The number of ether oxygens (including phenoxy) is 12. The summed E-state index contributed by atoms with van der Waals surface area (Å²) in [7, 11) is 13.8. The van der Waals surface area contributed by atoms with Gasteiger partial charge in [0.25, 0.3) is 46.9 Å². The van der Waals surface area contributed by atoms with Gasteiger partial charge in [-0.05, 0) is 0 Å². The van der Waals surface area contributed by atoms with Crippen LogP contribution in [0.25, 0.3) is 0 Å². The van der Waals surface area contributed by atoms with Gasteiger partial charge in [0.2, 0.25) is 0 Å². The van der Waals surface area contributed by atoms with Crippen molar-refractivity contribution in [3.05, 3.63) is 0 Å². The van der Waals surface area contributed by atoms with E-state index < -0.39 is 283 Å². The quantitative estimate of drug-likeness (QED) is 0.0232. The molecule has 0 aromatic rings. The van der Waals surface area contributed by atoms with Crippen LogP contribution in [-0.2, 0) is 166 Å². The minimum absolute atomic E-state index is 0. The zero-order valence-corrected chi connectivity index (χ0v) is 69.0. The van der Waals surface area contributed by atoms with Crippen molar-refractivity contribution in [1.82, 2.24) is 0 Å². The topological polar surface area (TPSA) is 736 Å². The number of rotatable bonds is 34. The molecule has 39 atom stereocenters. The van der Waals surface area contributed by atoms with Gasteiger partial charge in [-0.15, -0.1) is 0 Å². The van der Waals surface area contributed by atoms with Gasteiger partial charge < -0.3 is 157 Å². The van der Waals surface area contributed by atoms with Crippen LogP contribution in [0, 0.1) is 0 Å². The maximum absolute atomic E-state index is 12.9. The van der Waals surface area contributed by atoms with E-state index in [1.54, 1.807) is 0 Å². The Morgan fingerprint density at radius 2 is 0.624 bits per heavy atom. The van der Waals surface area contributed by atoms with Crippen molar-refractivity contribution in [1.29, 1.82) is 0 Å². The van der Waals surface area contributed by atoms with Crippen LogP contribution in [0.2, 0.25) is 0 Å². The molecular formula is C49H83B8O52P8-9. The molecule has 0 bridgehead atoms. The molecule has 664 valence electrons. The molecule has 10 saturated heterocycles. The molecule has 10 fully saturated rings. The van der Waals surface area contributed by atoms with Crippen molar-refractivity contribution >= 4 is 125 Å². The van der Waals surface area contributed by atoms with Crippen LogP contribution < -0.4 is 44.3 Å². The van der Waals surface area contributed by atoms with Gasteiger partial charge in [-0.25, -0.2) is 0 Å². The average Bonchev–Trinajstić information content (AvgIpc) is 1.57. The summed E-state index contributed by atoms with van der Waals surface area (Å²) in [4.78, 5) is 104. The van der Waals surface area contributed by atoms with Crippen molar-refractivity contribution in [2.75, 3.05) is 110 Å². The first-order chi connectivity index (χ1) is 53.6. The normalized spacial score (nSPS) is 43.7. The summed E-state index contributed by atoms with van der Waals surface area (Å²) in [6.07, 6.45) is -30.4. The summed E-state index contributed by atoms with van der Waals surface area (Å²) in [6, 6.07) is -9.57. The Labute approximate surface area is 679 Å². The van der Waals surface area contributed by atoms with Crippen molar-refractivity contribution in [2.45, 2.75) is 202 Å². The van der Waals surface area contributed by atoms with Gasteiger partial charge in [0.1, 0.15) is 145 Å². The fraction of sp³-hybridized carbons (Fsp3) is 1.00. The molecule has 15 unspecified atom stereocenters. The number of hydrogen-bond acceptors (Lipinski definition) is 52. The molecule has 0 aliphatic carbocycles.